The first-order valence-electron chi connectivity index (χ1n) is 2.92. The van der Waals surface area contributed by atoms with Gasteiger partial charge in [0.1, 0.15) is 5.69 Å². The lowest BCUT2D eigenvalue weighted by molar-refractivity contribution is -0.613. The van der Waals surface area contributed by atoms with Crippen molar-refractivity contribution in [1.82, 2.24) is 4.98 Å². The molecule has 0 aliphatic heterocycles. The third-order valence-electron chi connectivity index (χ3n) is 1.11. The van der Waals surface area contributed by atoms with Gasteiger partial charge in [0.2, 0.25) is 11.9 Å². The van der Waals surface area contributed by atoms with Crippen LogP contribution in [0.5, 0.6) is 0 Å². The molecule has 11 heavy (non-hydrogen) atoms. The van der Waals surface area contributed by atoms with E-state index in [1.54, 1.807) is 20.0 Å². The van der Waals surface area contributed by atoms with Crippen molar-refractivity contribution < 1.29 is 15.2 Å². The molecule has 62 valence electrons. The molecule has 0 spiro atoms. The fourth-order valence-electron chi connectivity index (χ4n) is 0.557. The van der Waals surface area contributed by atoms with Gasteiger partial charge in [-0.3, -0.25) is 10.5 Å². The number of nitrogens with zero attached hydrogens (tertiary/aromatic N) is 2. The van der Waals surface area contributed by atoms with Crippen LogP contribution in [0.2, 0.25) is 0 Å². The van der Waals surface area contributed by atoms with Gasteiger partial charge in [0, 0.05) is 6.92 Å². The molecule has 1 heterocycles. The van der Waals surface area contributed by atoms with Crippen LogP contribution >= 0.6 is 0 Å². The molecule has 2 N–H and O–H groups in total. The van der Waals surface area contributed by atoms with E-state index >= 15 is 0 Å². The molecule has 1 aromatic rings. The maximum absolute atomic E-state index is 10.7. The van der Waals surface area contributed by atoms with E-state index in [0.717, 1.165) is 10.4 Å². The van der Waals surface area contributed by atoms with Crippen molar-refractivity contribution in [1.29, 1.82) is 0 Å². The zero-order valence-electron chi connectivity index (χ0n) is 6.35. The average Bonchev–Trinajstić information content (AvgIpc) is 2.02. The van der Waals surface area contributed by atoms with Gasteiger partial charge in [-0.25, -0.2) is 4.98 Å². The molecule has 5 nitrogen and oxygen atoms in total. The van der Waals surface area contributed by atoms with Crippen LogP contribution in [0, 0.1) is 19.1 Å². The summed E-state index contributed by atoms with van der Waals surface area (Å²) in [5.41, 5.74) is 1.37. The van der Waals surface area contributed by atoms with Crippen LogP contribution in [0.1, 0.15) is 11.4 Å². The first-order valence-corrected chi connectivity index (χ1v) is 2.92. The van der Waals surface area contributed by atoms with Crippen molar-refractivity contribution in [2.24, 2.45) is 0 Å². The van der Waals surface area contributed by atoms with Crippen molar-refractivity contribution in [3.8, 4) is 0 Å². The van der Waals surface area contributed by atoms with Crippen molar-refractivity contribution in [2.75, 3.05) is 0 Å². The van der Waals surface area contributed by atoms with E-state index in [0.29, 0.717) is 5.69 Å². The van der Waals surface area contributed by atoms with E-state index in [4.69, 9.17) is 10.5 Å². The zero-order chi connectivity index (χ0) is 8.85. The quantitative estimate of drug-likeness (QED) is 0.247. The summed E-state index contributed by atoms with van der Waals surface area (Å²) in [6, 6.07) is 0. The number of aryl methyl sites for hydroxylation is 2. The maximum Gasteiger partial charge on any atom is 0.207 e. The number of rotatable bonds is 0. The van der Waals surface area contributed by atoms with Crippen LogP contribution < -0.4 is 4.73 Å². The Morgan fingerprint density at radius 2 is 2.00 bits per heavy atom. The van der Waals surface area contributed by atoms with Crippen molar-refractivity contribution in [3.05, 3.63) is 29.0 Å². The van der Waals surface area contributed by atoms with E-state index < -0.39 is 0 Å². The molecule has 0 atom stereocenters. The average molecular weight is 158 g/mol. The Morgan fingerprint density at radius 3 is 2.36 bits per heavy atom. The SMILES string of the molecule is Cc1c[n+]([O-])c(C)cn1.OO. The summed E-state index contributed by atoms with van der Waals surface area (Å²) in [5, 5.41) is 22.7. The highest BCUT2D eigenvalue weighted by molar-refractivity contribution is 4.90. The predicted octanol–water partition coefficient (Wildman–Crippen LogP) is 0.349. The van der Waals surface area contributed by atoms with Gasteiger partial charge < -0.3 is 5.21 Å². The second-order valence-corrected chi connectivity index (χ2v) is 2.00. The minimum absolute atomic E-state index is 0.626. The first kappa shape index (κ1) is 9.80. The third kappa shape index (κ3) is 2.92. The van der Waals surface area contributed by atoms with Gasteiger partial charge in [-0.05, 0) is 6.92 Å². The Kier molecular flexibility index (Phi) is 4.09. The Bertz CT molecular complexity index is 227. The molecular formula is C6H10N2O3. The van der Waals surface area contributed by atoms with E-state index in [1.807, 2.05) is 0 Å². The van der Waals surface area contributed by atoms with E-state index in [9.17, 15) is 5.21 Å². The monoisotopic (exact) mass is 158 g/mol. The van der Waals surface area contributed by atoms with Crippen LogP contribution in [0.3, 0.4) is 0 Å². The summed E-state index contributed by atoms with van der Waals surface area (Å²) in [7, 11) is 0. The zero-order valence-corrected chi connectivity index (χ0v) is 6.35. The van der Waals surface area contributed by atoms with Crippen LogP contribution in [0.15, 0.2) is 12.4 Å². The van der Waals surface area contributed by atoms with E-state index in [1.165, 1.54) is 6.20 Å². The Labute approximate surface area is 64.1 Å². The molecule has 0 bridgehead atoms. The Morgan fingerprint density at radius 1 is 1.45 bits per heavy atom. The summed E-state index contributed by atoms with van der Waals surface area (Å²) in [5.74, 6) is 0. The standard InChI is InChI=1S/C6H8N2O.H2O2/c1-5-4-8(9)6(2)3-7-5;1-2/h3-4H,1-2H3;1-2H. The molecule has 0 amide bonds. The Balaban J connectivity index is 0.000000461. The smallest absolute Gasteiger partial charge is 0.207 e. The molecule has 0 saturated carbocycles. The number of aromatic nitrogens is 2. The summed E-state index contributed by atoms with van der Waals surface area (Å²) in [6.45, 7) is 3.51. The molecule has 0 radical (unpaired) electrons. The second kappa shape index (κ2) is 4.59. The van der Waals surface area contributed by atoms with E-state index in [-0.39, 0.29) is 0 Å². The molecule has 1 aromatic heterocycles. The minimum Gasteiger partial charge on any atom is -0.618 e. The summed E-state index contributed by atoms with van der Waals surface area (Å²) < 4.78 is 0.808. The van der Waals surface area contributed by atoms with Gasteiger partial charge in [-0.2, -0.15) is 4.73 Å². The highest BCUT2D eigenvalue weighted by Gasteiger charge is 1.96. The van der Waals surface area contributed by atoms with E-state index in [2.05, 4.69) is 4.98 Å². The van der Waals surface area contributed by atoms with Gasteiger partial charge in [0.25, 0.3) is 0 Å². The van der Waals surface area contributed by atoms with Crippen LogP contribution in [0.4, 0.5) is 0 Å². The second-order valence-electron chi connectivity index (χ2n) is 2.00. The molecule has 0 aromatic carbocycles. The molecule has 1 rings (SSSR count). The normalized spacial score (nSPS) is 8.36. The topological polar surface area (TPSA) is 80.3 Å². The van der Waals surface area contributed by atoms with Gasteiger partial charge in [0.15, 0.2) is 0 Å². The number of hydrogen-bond donors (Lipinski definition) is 2. The van der Waals surface area contributed by atoms with Crippen molar-refractivity contribution in [3.63, 3.8) is 0 Å². The van der Waals surface area contributed by atoms with Crippen LogP contribution in [-0.2, 0) is 0 Å². The van der Waals surface area contributed by atoms with Gasteiger partial charge in [-0.15, -0.1) is 0 Å². The molecule has 5 heteroatoms. The maximum atomic E-state index is 10.7. The number of hydrogen-bond acceptors (Lipinski definition) is 4. The largest absolute Gasteiger partial charge is 0.618 e. The highest BCUT2D eigenvalue weighted by atomic mass is 17.0. The minimum atomic E-state index is 0.626. The summed E-state index contributed by atoms with van der Waals surface area (Å²) in [4.78, 5) is 3.92. The lowest BCUT2D eigenvalue weighted by atomic mass is 10.4. The van der Waals surface area contributed by atoms with Crippen molar-refractivity contribution >= 4 is 0 Å². The molecule has 0 fully saturated rings. The fraction of sp³-hybridized carbons (Fsp3) is 0.333. The molecule has 0 aliphatic carbocycles. The van der Waals surface area contributed by atoms with Crippen LogP contribution in [0.25, 0.3) is 0 Å². The van der Waals surface area contributed by atoms with Crippen LogP contribution in [-0.4, -0.2) is 15.5 Å². The predicted molar refractivity (Wildman–Crippen MR) is 37.9 cm³/mol. The summed E-state index contributed by atoms with van der Waals surface area (Å²) >= 11 is 0. The Hall–Kier alpha value is -1.20. The lowest BCUT2D eigenvalue weighted by Gasteiger charge is -1.97. The molecule has 0 unspecified atom stereocenters. The molecule has 0 saturated heterocycles. The lowest BCUT2D eigenvalue weighted by Crippen LogP contribution is -2.30. The highest BCUT2D eigenvalue weighted by Crippen LogP contribution is 1.86. The fourth-order valence-corrected chi connectivity index (χ4v) is 0.557. The summed E-state index contributed by atoms with van der Waals surface area (Å²) in [6.07, 6.45) is 3.01. The first-order chi connectivity index (χ1) is 5.20. The molecular weight excluding hydrogens is 148 g/mol. The molecule has 0 aliphatic rings. The van der Waals surface area contributed by atoms with Gasteiger partial charge in [0.05, 0.1) is 6.20 Å². The van der Waals surface area contributed by atoms with Gasteiger partial charge >= 0.3 is 0 Å². The third-order valence-corrected chi connectivity index (χ3v) is 1.11. The van der Waals surface area contributed by atoms with Crippen molar-refractivity contribution in [2.45, 2.75) is 13.8 Å². The van der Waals surface area contributed by atoms with Gasteiger partial charge in [-0.1, -0.05) is 0 Å².